The lowest BCUT2D eigenvalue weighted by Crippen LogP contribution is -2.39. The summed E-state index contributed by atoms with van der Waals surface area (Å²) < 4.78 is 0. The smallest absolute Gasteiger partial charge is 0.321 e. The van der Waals surface area contributed by atoms with Crippen molar-refractivity contribution < 1.29 is 9.59 Å². The van der Waals surface area contributed by atoms with E-state index in [1.165, 1.54) is 0 Å². The van der Waals surface area contributed by atoms with Gasteiger partial charge in [-0.25, -0.2) is 4.79 Å². The summed E-state index contributed by atoms with van der Waals surface area (Å²) in [4.78, 5) is 25.6. The summed E-state index contributed by atoms with van der Waals surface area (Å²) in [7, 11) is 0. The van der Waals surface area contributed by atoms with E-state index in [1.54, 1.807) is 24.5 Å². The van der Waals surface area contributed by atoms with Crippen molar-refractivity contribution in [3.8, 4) is 0 Å². The molecule has 0 bridgehead atoms. The zero-order valence-corrected chi connectivity index (χ0v) is 8.62. The van der Waals surface area contributed by atoms with Gasteiger partial charge in [0.05, 0.1) is 0 Å². The van der Waals surface area contributed by atoms with Gasteiger partial charge in [0.25, 0.3) is 0 Å². The Balaban J connectivity index is 2.32. The van der Waals surface area contributed by atoms with E-state index in [2.05, 4.69) is 15.6 Å². The van der Waals surface area contributed by atoms with E-state index >= 15 is 0 Å². The molecule has 1 aromatic heterocycles. The second-order valence-electron chi connectivity index (χ2n) is 2.72. The SMILES string of the molecule is O=C(CCl)NC(=O)NCc1ccncc1. The van der Waals surface area contributed by atoms with Crippen LogP contribution in [0.1, 0.15) is 5.56 Å². The Morgan fingerprint density at radius 1 is 1.33 bits per heavy atom. The molecular formula is C9H10ClN3O2. The molecule has 0 saturated carbocycles. The van der Waals surface area contributed by atoms with Gasteiger partial charge in [0, 0.05) is 18.9 Å². The first kappa shape index (κ1) is 11.5. The molecule has 1 aromatic rings. The maximum absolute atomic E-state index is 11.1. The molecule has 3 amide bonds. The molecule has 0 aliphatic carbocycles. The van der Waals surface area contributed by atoms with Crippen molar-refractivity contribution in [1.82, 2.24) is 15.6 Å². The number of aromatic nitrogens is 1. The summed E-state index contributed by atoms with van der Waals surface area (Å²) >= 11 is 5.21. The topological polar surface area (TPSA) is 71.1 Å². The molecule has 15 heavy (non-hydrogen) atoms. The van der Waals surface area contributed by atoms with Crippen LogP contribution in [0.25, 0.3) is 0 Å². The van der Waals surface area contributed by atoms with E-state index in [9.17, 15) is 9.59 Å². The Morgan fingerprint density at radius 2 is 2.00 bits per heavy atom. The highest BCUT2D eigenvalue weighted by atomic mass is 35.5. The minimum Gasteiger partial charge on any atom is -0.334 e. The molecule has 0 aromatic carbocycles. The highest BCUT2D eigenvalue weighted by Crippen LogP contribution is 1.94. The van der Waals surface area contributed by atoms with Gasteiger partial charge in [-0.2, -0.15) is 0 Å². The zero-order chi connectivity index (χ0) is 11.1. The minimum atomic E-state index is -0.558. The van der Waals surface area contributed by atoms with Gasteiger partial charge in [0.2, 0.25) is 5.91 Å². The molecular weight excluding hydrogens is 218 g/mol. The highest BCUT2D eigenvalue weighted by Gasteiger charge is 2.04. The van der Waals surface area contributed by atoms with Crippen LogP contribution in [0.3, 0.4) is 0 Å². The number of carbonyl (C=O) groups excluding carboxylic acids is 2. The number of hydrogen-bond donors (Lipinski definition) is 2. The lowest BCUT2D eigenvalue weighted by Gasteiger charge is -2.04. The van der Waals surface area contributed by atoms with E-state index in [0.29, 0.717) is 6.54 Å². The first-order valence-corrected chi connectivity index (χ1v) is 4.78. The normalized spacial score (nSPS) is 9.40. The highest BCUT2D eigenvalue weighted by molar-refractivity contribution is 6.28. The van der Waals surface area contributed by atoms with Gasteiger partial charge in [-0.15, -0.1) is 11.6 Å². The summed E-state index contributed by atoms with van der Waals surface area (Å²) in [6, 6.07) is 2.98. The molecule has 2 N–H and O–H groups in total. The van der Waals surface area contributed by atoms with Gasteiger partial charge >= 0.3 is 6.03 Å². The molecule has 0 radical (unpaired) electrons. The predicted molar refractivity (Wildman–Crippen MR) is 55.3 cm³/mol. The van der Waals surface area contributed by atoms with Crippen LogP contribution in [0, 0.1) is 0 Å². The van der Waals surface area contributed by atoms with E-state index in [1.807, 2.05) is 0 Å². The molecule has 0 atom stereocenters. The van der Waals surface area contributed by atoms with Gasteiger partial charge < -0.3 is 5.32 Å². The van der Waals surface area contributed by atoms with Gasteiger partial charge in [-0.05, 0) is 17.7 Å². The quantitative estimate of drug-likeness (QED) is 0.745. The number of hydrogen-bond acceptors (Lipinski definition) is 3. The first-order chi connectivity index (χ1) is 7.22. The van der Waals surface area contributed by atoms with E-state index in [-0.39, 0.29) is 5.88 Å². The predicted octanol–water partition coefficient (Wildman–Crippen LogP) is 0.646. The van der Waals surface area contributed by atoms with E-state index in [4.69, 9.17) is 11.6 Å². The maximum atomic E-state index is 11.1. The van der Waals surface area contributed by atoms with Crippen LogP contribution in [0.4, 0.5) is 4.79 Å². The summed E-state index contributed by atoms with van der Waals surface area (Å²) in [5, 5.41) is 4.57. The number of nitrogens with one attached hydrogen (secondary N) is 2. The third-order valence-electron chi connectivity index (χ3n) is 1.58. The van der Waals surface area contributed by atoms with Gasteiger partial charge in [-0.3, -0.25) is 15.1 Å². The molecule has 0 unspecified atom stereocenters. The second-order valence-corrected chi connectivity index (χ2v) is 2.99. The number of pyridine rings is 1. The molecule has 0 spiro atoms. The summed E-state index contributed by atoms with van der Waals surface area (Å²) in [5.74, 6) is -0.758. The molecule has 5 nitrogen and oxygen atoms in total. The van der Waals surface area contributed by atoms with Crippen LogP contribution in [0.2, 0.25) is 0 Å². The Morgan fingerprint density at radius 3 is 2.60 bits per heavy atom. The van der Waals surface area contributed by atoms with Crippen molar-refractivity contribution in [2.75, 3.05) is 5.88 Å². The summed E-state index contributed by atoms with van der Waals surface area (Å²) in [6.07, 6.45) is 3.25. The van der Waals surface area contributed by atoms with Crippen molar-refractivity contribution in [3.05, 3.63) is 30.1 Å². The van der Waals surface area contributed by atoms with Crippen molar-refractivity contribution in [2.45, 2.75) is 6.54 Å². The lowest BCUT2D eigenvalue weighted by molar-refractivity contribution is -0.117. The van der Waals surface area contributed by atoms with Crippen molar-refractivity contribution in [1.29, 1.82) is 0 Å². The average molecular weight is 228 g/mol. The Hall–Kier alpha value is -1.62. The third-order valence-corrected chi connectivity index (χ3v) is 1.82. The molecule has 80 valence electrons. The molecule has 0 saturated heterocycles. The Labute approximate surface area is 91.8 Å². The number of imide groups is 1. The van der Waals surface area contributed by atoms with Crippen LogP contribution in [0.15, 0.2) is 24.5 Å². The van der Waals surface area contributed by atoms with Crippen LogP contribution < -0.4 is 10.6 Å². The summed E-state index contributed by atoms with van der Waals surface area (Å²) in [5.41, 5.74) is 0.901. The van der Waals surface area contributed by atoms with Crippen LogP contribution in [-0.4, -0.2) is 22.8 Å². The molecule has 0 aliphatic rings. The van der Waals surface area contributed by atoms with Crippen LogP contribution in [0.5, 0.6) is 0 Å². The van der Waals surface area contributed by atoms with Gasteiger partial charge in [0.1, 0.15) is 5.88 Å². The number of carbonyl (C=O) groups is 2. The number of nitrogens with zero attached hydrogens (tertiary/aromatic N) is 1. The maximum Gasteiger partial charge on any atom is 0.321 e. The molecule has 0 aliphatic heterocycles. The van der Waals surface area contributed by atoms with Crippen molar-refractivity contribution in [3.63, 3.8) is 0 Å². The summed E-state index contributed by atoms with van der Waals surface area (Å²) in [6.45, 7) is 0.337. The molecule has 1 heterocycles. The minimum absolute atomic E-state index is 0.233. The number of urea groups is 1. The number of halogens is 1. The first-order valence-electron chi connectivity index (χ1n) is 4.25. The number of rotatable bonds is 3. The largest absolute Gasteiger partial charge is 0.334 e. The fourth-order valence-corrected chi connectivity index (χ4v) is 0.954. The molecule has 0 fully saturated rings. The van der Waals surface area contributed by atoms with Crippen molar-refractivity contribution in [2.24, 2.45) is 0 Å². The molecule has 1 rings (SSSR count). The van der Waals surface area contributed by atoms with Gasteiger partial charge in [0.15, 0.2) is 0 Å². The number of alkyl halides is 1. The Bertz CT molecular complexity index is 342. The van der Waals surface area contributed by atoms with E-state index in [0.717, 1.165) is 5.56 Å². The Kier molecular flexibility index (Phi) is 4.56. The van der Waals surface area contributed by atoms with Crippen LogP contribution >= 0.6 is 11.6 Å². The van der Waals surface area contributed by atoms with E-state index < -0.39 is 11.9 Å². The average Bonchev–Trinajstić information content (AvgIpc) is 2.27. The zero-order valence-electron chi connectivity index (χ0n) is 7.87. The fraction of sp³-hybridized carbons (Fsp3) is 0.222. The number of amides is 3. The standard InChI is InChI=1S/C9H10ClN3O2/c10-5-8(14)13-9(15)12-6-7-1-3-11-4-2-7/h1-4H,5-6H2,(H2,12,13,14,15). The monoisotopic (exact) mass is 227 g/mol. The molecule has 6 heteroatoms. The van der Waals surface area contributed by atoms with Crippen molar-refractivity contribution >= 4 is 23.5 Å². The van der Waals surface area contributed by atoms with Gasteiger partial charge in [-0.1, -0.05) is 0 Å². The second kappa shape index (κ2) is 5.98. The fourth-order valence-electron chi connectivity index (χ4n) is 0.887. The third kappa shape index (κ3) is 4.42. The lowest BCUT2D eigenvalue weighted by atomic mass is 10.3. The van der Waals surface area contributed by atoms with Crippen LogP contribution in [-0.2, 0) is 11.3 Å².